The van der Waals surface area contributed by atoms with Gasteiger partial charge in [-0.15, -0.1) is 0 Å². The van der Waals surface area contributed by atoms with Gasteiger partial charge in [0.05, 0.1) is 18.3 Å². The lowest BCUT2D eigenvalue weighted by atomic mass is 10.2. The summed E-state index contributed by atoms with van der Waals surface area (Å²) in [6.45, 7) is 0.383. The number of benzene rings is 1. The molecule has 0 saturated carbocycles. The Bertz CT molecular complexity index is 568. The van der Waals surface area contributed by atoms with E-state index in [4.69, 9.17) is 5.11 Å². The first-order chi connectivity index (χ1) is 8.06. The van der Waals surface area contributed by atoms with Gasteiger partial charge in [0.1, 0.15) is 5.82 Å². The van der Waals surface area contributed by atoms with Crippen molar-refractivity contribution in [1.29, 1.82) is 0 Å². The number of rotatable bonds is 3. The molecule has 0 aliphatic heterocycles. The molecule has 0 spiro atoms. The number of hydrogen-bond donors (Lipinski definition) is 1. The van der Waals surface area contributed by atoms with Crippen LogP contribution in [0.2, 0.25) is 0 Å². The van der Waals surface area contributed by atoms with Crippen LogP contribution in [0.25, 0.3) is 0 Å². The summed E-state index contributed by atoms with van der Waals surface area (Å²) >= 11 is 3.24. The molecule has 17 heavy (non-hydrogen) atoms. The molecule has 0 saturated heterocycles. The van der Waals surface area contributed by atoms with Gasteiger partial charge in [-0.25, -0.2) is 9.18 Å². The van der Waals surface area contributed by atoms with E-state index in [1.54, 1.807) is 6.07 Å². The average Bonchev–Trinajstić information content (AvgIpc) is 2.71. The van der Waals surface area contributed by atoms with Crippen LogP contribution in [-0.4, -0.2) is 20.9 Å². The van der Waals surface area contributed by atoms with Gasteiger partial charge in [0.25, 0.3) is 0 Å². The van der Waals surface area contributed by atoms with E-state index >= 15 is 0 Å². The molecular weight excluding hydrogens is 291 g/mol. The Balaban J connectivity index is 2.22. The van der Waals surface area contributed by atoms with Crippen LogP contribution in [0.1, 0.15) is 15.9 Å². The monoisotopic (exact) mass is 298 g/mol. The van der Waals surface area contributed by atoms with Crippen LogP contribution in [0.15, 0.2) is 35.1 Å². The third-order valence-electron chi connectivity index (χ3n) is 2.23. The first-order valence-electron chi connectivity index (χ1n) is 4.76. The van der Waals surface area contributed by atoms with E-state index < -0.39 is 5.97 Å². The van der Waals surface area contributed by atoms with E-state index in [9.17, 15) is 9.18 Å². The van der Waals surface area contributed by atoms with Crippen molar-refractivity contribution in [1.82, 2.24) is 9.78 Å². The smallest absolute Gasteiger partial charge is 0.338 e. The first kappa shape index (κ1) is 11.8. The minimum atomic E-state index is -1.02. The van der Waals surface area contributed by atoms with Crippen molar-refractivity contribution in [2.75, 3.05) is 0 Å². The SMILES string of the molecule is O=C(O)c1cnn(Cc2ccc(F)cc2Br)c1. The molecule has 0 bridgehead atoms. The molecule has 2 rings (SSSR count). The fourth-order valence-corrected chi connectivity index (χ4v) is 1.86. The highest BCUT2D eigenvalue weighted by Crippen LogP contribution is 2.19. The molecule has 1 aromatic carbocycles. The van der Waals surface area contributed by atoms with E-state index in [1.165, 1.54) is 29.2 Å². The molecule has 1 aromatic heterocycles. The third kappa shape index (κ3) is 2.71. The second-order valence-corrected chi connectivity index (χ2v) is 4.32. The van der Waals surface area contributed by atoms with Crippen molar-refractivity contribution >= 4 is 21.9 Å². The molecule has 0 aliphatic carbocycles. The third-order valence-corrected chi connectivity index (χ3v) is 2.97. The minimum Gasteiger partial charge on any atom is -0.478 e. The molecule has 4 nitrogen and oxygen atoms in total. The molecule has 6 heteroatoms. The van der Waals surface area contributed by atoms with Crippen molar-refractivity contribution in [2.45, 2.75) is 6.54 Å². The second kappa shape index (κ2) is 4.67. The number of carboxylic acids is 1. The molecule has 1 heterocycles. The number of halogens is 2. The van der Waals surface area contributed by atoms with E-state index in [2.05, 4.69) is 21.0 Å². The molecule has 0 aliphatic rings. The zero-order valence-electron chi connectivity index (χ0n) is 8.60. The quantitative estimate of drug-likeness (QED) is 0.947. The van der Waals surface area contributed by atoms with Crippen molar-refractivity contribution in [2.24, 2.45) is 0 Å². The van der Waals surface area contributed by atoms with Gasteiger partial charge >= 0.3 is 5.97 Å². The Morgan fingerprint density at radius 1 is 1.53 bits per heavy atom. The Morgan fingerprint density at radius 3 is 2.88 bits per heavy atom. The number of carbonyl (C=O) groups is 1. The Hall–Kier alpha value is -1.69. The topological polar surface area (TPSA) is 55.1 Å². The van der Waals surface area contributed by atoms with E-state index in [0.717, 1.165) is 5.56 Å². The lowest BCUT2D eigenvalue weighted by Gasteiger charge is -2.04. The predicted octanol–water partition coefficient (Wildman–Crippen LogP) is 2.53. The number of hydrogen-bond acceptors (Lipinski definition) is 2. The highest BCUT2D eigenvalue weighted by atomic mass is 79.9. The number of aromatic nitrogens is 2. The standard InChI is InChI=1S/C11H8BrFN2O2/c12-10-3-9(13)2-1-7(10)5-15-6-8(4-14-15)11(16)17/h1-4,6H,5H2,(H,16,17). The van der Waals surface area contributed by atoms with Crippen LogP contribution in [0, 0.1) is 5.82 Å². The van der Waals surface area contributed by atoms with Crippen LogP contribution in [0.5, 0.6) is 0 Å². The molecule has 0 atom stereocenters. The summed E-state index contributed by atoms with van der Waals surface area (Å²) in [6, 6.07) is 4.33. The molecule has 2 aromatic rings. The predicted molar refractivity (Wildman–Crippen MR) is 62.4 cm³/mol. The maximum absolute atomic E-state index is 12.9. The van der Waals surface area contributed by atoms with Crippen LogP contribution in [0.3, 0.4) is 0 Å². The summed E-state index contributed by atoms with van der Waals surface area (Å²) in [5.41, 5.74) is 0.953. The first-order valence-corrected chi connectivity index (χ1v) is 5.55. The normalized spacial score (nSPS) is 10.5. The molecule has 1 N–H and O–H groups in total. The van der Waals surface area contributed by atoms with Gasteiger partial charge in [-0.2, -0.15) is 5.10 Å². The van der Waals surface area contributed by atoms with E-state index in [-0.39, 0.29) is 11.4 Å². The van der Waals surface area contributed by atoms with Gasteiger partial charge in [-0.05, 0) is 17.7 Å². The van der Waals surface area contributed by atoms with E-state index in [0.29, 0.717) is 11.0 Å². The van der Waals surface area contributed by atoms with Crippen LogP contribution >= 0.6 is 15.9 Å². The molecule has 88 valence electrons. The molecule has 0 unspecified atom stereocenters. The number of aromatic carboxylic acids is 1. The number of carboxylic acid groups (broad SMARTS) is 1. The van der Waals surface area contributed by atoms with E-state index in [1.807, 2.05) is 0 Å². The van der Waals surface area contributed by atoms with Crippen LogP contribution in [0.4, 0.5) is 4.39 Å². The maximum atomic E-state index is 12.9. The maximum Gasteiger partial charge on any atom is 0.338 e. The van der Waals surface area contributed by atoms with Gasteiger partial charge < -0.3 is 5.11 Å². The highest BCUT2D eigenvalue weighted by molar-refractivity contribution is 9.10. The van der Waals surface area contributed by atoms with Gasteiger partial charge in [0.15, 0.2) is 0 Å². The fourth-order valence-electron chi connectivity index (χ4n) is 1.38. The fraction of sp³-hybridized carbons (Fsp3) is 0.0909. The minimum absolute atomic E-state index is 0.128. The summed E-state index contributed by atoms with van der Waals surface area (Å²) in [4.78, 5) is 10.7. The van der Waals surface area contributed by atoms with Crippen molar-refractivity contribution in [3.05, 3.63) is 52.0 Å². The van der Waals surface area contributed by atoms with Gasteiger partial charge in [0.2, 0.25) is 0 Å². The lowest BCUT2D eigenvalue weighted by Crippen LogP contribution is -2.01. The van der Waals surface area contributed by atoms with Crippen LogP contribution in [-0.2, 0) is 6.54 Å². The summed E-state index contributed by atoms with van der Waals surface area (Å²) < 4.78 is 15.0. The van der Waals surface area contributed by atoms with Gasteiger partial charge in [0, 0.05) is 10.7 Å². The zero-order valence-corrected chi connectivity index (χ0v) is 10.2. The van der Waals surface area contributed by atoms with Gasteiger partial charge in [-0.3, -0.25) is 4.68 Å². The molecule has 0 radical (unpaired) electrons. The van der Waals surface area contributed by atoms with Crippen molar-refractivity contribution < 1.29 is 14.3 Å². The Kier molecular flexibility index (Phi) is 3.23. The average molecular weight is 299 g/mol. The summed E-state index contributed by atoms with van der Waals surface area (Å²) in [6.07, 6.45) is 2.71. The second-order valence-electron chi connectivity index (χ2n) is 3.47. The Morgan fingerprint density at radius 2 is 2.29 bits per heavy atom. The summed E-state index contributed by atoms with van der Waals surface area (Å²) in [5, 5.41) is 12.7. The lowest BCUT2D eigenvalue weighted by molar-refractivity contribution is 0.0697. The Labute approximate surface area is 105 Å². The van der Waals surface area contributed by atoms with Crippen molar-refractivity contribution in [3.63, 3.8) is 0 Å². The van der Waals surface area contributed by atoms with Crippen LogP contribution < -0.4 is 0 Å². The molecular formula is C11H8BrFN2O2. The molecule has 0 fully saturated rings. The number of nitrogens with zero attached hydrogens (tertiary/aromatic N) is 2. The summed E-state index contributed by atoms with van der Waals surface area (Å²) in [5.74, 6) is -1.35. The van der Waals surface area contributed by atoms with Gasteiger partial charge in [-0.1, -0.05) is 22.0 Å². The summed E-state index contributed by atoms with van der Waals surface area (Å²) in [7, 11) is 0. The molecule has 0 amide bonds. The van der Waals surface area contributed by atoms with Crippen molar-refractivity contribution in [3.8, 4) is 0 Å². The highest BCUT2D eigenvalue weighted by Gasteiger charge is 2.07. The zero-order chi connectivity index (χ0) is 12.4. The largest absolute Gasteiger partial charge is 0.478 e.